The molecule has 0 aliphatic rings. The average molecular weight is 390 g/mol. The van der Waals surface area contributed by atoms with Crippen molar-refractivity contribution in [2.24, 2.45) is 0 Å². The summed E-state index contributed by atoms with van der Waals surface area (Å²) in [5.74, 6) is -0.0873. The van der Waals surface area contributed by atoms with E-state index in [1.807, 2.05) is 30.3 Å². The smallest absolute Gasteiger partial charge is 0.322 e. The van der Waals surface area contributed by atoms with Crippen LogP contribution in [-0.4, -0.2) is 16.1 Å². The van der Waals surface area contributed by atoms with Crippen molar-refractivity contribution in [3.8, 4) is 11.5 Å². The van der Waals surface area contributed by atoms with Crippen LogP contribution in [0.4, 0.5) is 6.01 Å². The van der Waals surface area contributed by atoms with Gasteiger partial charge >= 0.3 is 6.01 Å². The summed E-state index contributed by atoms with van der Waals surface area (Å²) < 4.78 is 6.31. The zero-order chi connectivity index (χ0) is 17.4. The number of hydrogen-bond acceptors (Lipinski definition) is 5. The quantitative estimate of drug-likeness (QED) is 0.501. The van der Waals surface area contributed by atoms with Crippen molar-refractivity contribution in [1.82, 2.24) is 10.2 Å². The average Bonchev–Trinajstić information content (AvgIpc) is 3.20. The molecular formula is C17H9Cl2N3O2S. The molecule has 1 amide bonds. The summed E-state index contributed by atoms with van der Waals surface area (Å²) >= 11 is 13.5. The van der Waals surface area contributed by atoms with Crippen LogP contribution in [0.15, 0.2) is 52.9 Å². The maximum absolute atomic E-state index is 12.5. The SMILES string of the molecule is O=C(Nc1nnc(-c2ccccc2)o1)c1sc2cc(Cl)ccc2c1Cl. The molecule has 25 heavy (non-hydrogen) atoms. The number of carbonyl (C=O) groups is 1. The fourth-order valence-electron chi connectivity index (χ4n) is 2.31. The molecule has 0 bridgehead atoms. The van der Waals surface area contributed by atoms with Crippen LogP contribution in [-0.2, 0) is 0 Å². The number of fused-ring (bicyclic) bond motifs is 1. The maximum Gasteiger partial charge on any atom is 0.322 e. The molecule has 2 aromatic carbocycles. The molecule has 1 N–H and O–H groups in total. The number of halogens is 2. The highest BCUT2D eigenvalue weighted by molar-refractivity contribution is 7.21. The van der Waals surface area contributed by atoms with E-state index in [-0.39, 0.29) is 6.01 Å². The Balaban J connectivity index is 1.60. The van der Waals surface area contributed by atoms with Gasteiger partial charge in [-0.2, -0.15) is 0 Å². The van der Waals surface area contributed by atoms with Crippen molar-refractivity contribution in [2.75, 3.05) is 5.32 Å². The molecule has 0 saturated heterocycles. The number of thiophene rings is 1. The Morgan fingerprint density at radius 2 is 1.88 bits per heavy atom. The lowest BCUT2D eigenvalue weighted by molar-refractivity contribution is 0.102. The van der Waals surface area contributed by atoms with Crippen molar-refractivity contribution in [3.63, 3.8) is 0 Å². The number of benzene rings is 2. The van der Waals surface area contributed by atoms with Crippen molar-refractivity contribution in [1.29, 1.82) is 0 Å². The third-order valence-corrected chi connectivity index (χ3v) is 5.35. The summed E-state index contributed by atoms with van der Waals surface area (Å²) in [7, 11) is 0. The second-order valence-corrected chi connectivity index (χ2v) is 6.98. The lowest BCUT2D eigenvalue weighted by Gasteiger charge is -1.98. The number of aromatic nitrogens is 2. The van der Waals surface area contributed by atoms with Crippen molar-refractivity contribution in [3.05, 3.63) is 63.5 Å². The van der Waals surface area contributed by atoms with E-state index >= 15 is 0 Å². The van der Waals surface area contributed by atoms with E-state index in [0.717, 1.165) is 15.6 Å². The highest BCUT2D eigenvalue weighted by atomic mass is 35.5. The molecule has 4 aromatic rings. The van der Waals surface area contributed by atoms with Crippen LogP contribution in [0.5, 0.6) is 0 Å². The molecular weight excluding hydrogens is 381 g/mol. The van der Waals surface area contributed by atoms with Crippen LogP contribution >= 0.6 is 34.5 Å². The van der Waals surface area contributed by atoms with E-state index in [0.29, 0.717) is 20.8 Å². The normalized spacial score (nSPS) is 11.0. The highest BCUT2D eigenvalue weighted by Gasteiger charge is 2.19. The van der Waals surface area contributed by atoms with Crippen molar-refractivity contribution in [2.45, 2.75) is 0 Å². The van der Waals surface area contributed by atoms with E-state index in [2.05, 4.69) is 15.5 Å². The fraction of sp³-hybridized carbons (Fsp3) is 0. The molecule has 0 aliphatic heterocycles. The summed E-state index contributed by atoms with van der Waals surface area (Å²) in [6.07, 6.45) is 0. The standard InChI is InChI=1S/C17H9Cl2N3O2S/c18-10-6-7-11-12(8-10)25-14(13(11)19)15(23)20-17-22-21-16(24-17)9-4-2-1-3-5-9/h1-8H,(H,20,22,23). The van der Waals surface area contributed by atoms with Gasteiger partial charge in [-0.25, -0.2) is 0 Å². The van der Waals surface area contributed by atoms with Crippen LogP contribution in [0.25, 0.3) is 21.5 Å². The first-order valence-corrected chi connectivity index (χ1v) is 8.77. The predicted octanol–water partition coefficient (Wildman–Crippen LogP) is 5.51. The lowest BCUT2D eigenvalue weighted by Crippen LogP contribution is -2.10. The largest absolute Gasteiger partial charge is 0.403 e. The van der Waals surface area contributed by atoms with Gasteiger partial charge < -0.3 is 4.42 Å². The number of carbonyl (C=O) groups excluding carboxylic acids is 1. The number of anilines is 1. The molecule has 2 heterocycles. The molecule has 124 valence electrons. The first-order chi connectivity index (χ1) is 12.1. The number of hydrogen-bond donors (Lipinski definition) is 1. The first kappa shape index (κ1) is 16.1. The minimum Gasteiger partial charge on any atom is -0.403 e. The topological polar surface area (TPSA) is 68.0 Å². The first-order valence-electron chi connectivity index (χ1n) is 7.19. The van der Waals surface area contributed by atoms with Gasteiger partial charge in [0.15, 0.2) is 0 Å². The molecule has 4 rings (SSSR count). The molecule has 0 unspecified atom stereocenters. The predicted molar refractivity (Wildman–Crippen MR) is 99.5 cm³/mol. The van der Waals surface area contributed by atoms with Crippen molar-refractivity contribution >= 4 is 56.5 Å². The Morgan fingerprint density at radius 3 is 2.68 bits per heavy atom. The third kappa shape index (κ3) is 3.11. The zero-order valence-electron chi connectivity index (χ0n) is 12.5. The molecule has 0 spiro atoms. The van der Waals surface area contributed by atoms with Crippen LogP contribution < -0.4 is 5.32 Å². The highest BCUT2D eigenvalue weighted by Crippen LogP contribution is 2.37. The van der Waals surface area contributed by atoms with Gasteiger partial charge in [-0.15, -0.1) is 16.4 Å². The second kappa shape index (κ2) is 6.48. The van der Waals surface area contributed by atoms with Gasteiger partial charge in [0.1, 0.15) is 4.88 Å². The summed E-state index contributed by atoms with van der Waals surface area (Å²) in [5.41, 5.74) is 0.769. The monoisotopic (exact) mass is 389 g/mol. The molecule has 2 aromatic heterocycles. The molecule has 0 radical (unpaired) electrons. The summed E-state index contributed by atoms with van der Waals surface area (Å²) in [6, 6.07) is 14.6. The molecule has 0 fully saturated rings. The van der Waals surface area contributed by atoms with Crippen LogP contribution in [0.2, 0.25) is 10.0 Å². The van der Waals surface area contributed by atoms with Crippen LogP contribution in [0.1, 0.15) is 9.67 Å². The van der Waals surface area contributed by atoms with Crippen molar-refractivity contribution < 1.29 is 9.21 Å². The summed E-state index contributed by atoms with van der Waals surface area (Å²) in [4.78, 5) is 12.8. The second-order valence-electron chi connectivity index (χ2n) is 5.12. The Bertz CT molecular complexity index is 1080. The van der Waals surface area contributed by atoms with Gasteiger partial charge in [-0.1, -0.05) is 52.6 Å². The lowest BCUT2D eigenvalue weighted by atomic mass is 10.2. The number of nitrogens with one attached hydrogen (secondary N) is 1. The van der Waals surface area contributed by atoms with E-state index in [1.165, 1.54) is 11.3 Å². The van der Waals surface area contributed by atoms with E-state index < -0.39 is 5.91 Å². The van der Waals surface area contributed by atoms with Gasteiger partial charge in [0, 0.05) is 20.7 Å². The minimum atomic E-state index is -0.411. The Kier molecular flexibility index (Phi) is 4.17. The third-order valence-electron chi connectivity index (χ3n) is 3.46. The Hall–Kier alpha value is -2.41. The van der Waals surface area contributed by atoms with E-state index in [4.69, 9.17) is 27.6 Å². The summed E-state index contributed by atoms with van der Waals surface area (Å²) in [5, 5.41) is 12.1. The van der Waals surface area contributed by atoms with Crippen LogP contribution in [0, 0.1) is 0 Å². The molecule has 5 nitrogen and oxygen atoms in total. The molecule has 0 atom stereocenters. The number of amides is 1. The van der Waals surface area contributed by atoms with Crippen LogP contribution in [0.3, 0.4) is 0 Å². The molecule has 0 aliphatic carbocycles. The summed E-state index contributed by atoms with van der Waals surface area (Å²) in [6.45, 7) is 0. The van der Waals surface area contributed by atoms with Gasteiger partial charge in [-0.05, 0) is 24.3 Å². The van der Waals surface area contributed by atoms with E-state index in [9.17, 15) is 4.79 Å². The zero-order valence-corrected chi connectivity index (χ0v) is 14.8. The van der Waals surface area contributed by atoms with E-state index in [1.54, 1.807) is 18.2 Å². The molecule has 8 heteroatoms. The maximum atomic E-state index is 12.5. The Morgan fingerprint density at radius 1 is 1.08 bits per heavy atom. The van der Waals surface area contributed by atoms with Gasteiger partial charge in [-0.3, -0.25) is 10.1 Å². The van der Waals surface area contributed by atoms with Gasteiger partial charge in [0.2, 0.25) is 5.89 Å². The Labute approximate surface area is 156 Å². The number of rotatable bonds is 3. The van der Waals surface area contributed by atoms with Gasteiger partial charge in [0.05, 0.1) is 5.02 Å². The fourth-order valence-corrected chi connectivity index (χ4v) is 4.00. The minimum absolute atomic E-state index is 0.00964. The molecule has 0 saturated carbocycles. The number of nitrogens with zero attached hydrogens (tertiary/aromatic N) is 2. The van der Waals surface area contributed by atoms with Gasteiger partial charge in [0.25, 0.3) is 5.91 Å².